The lowest BCUT2D eigenvalue weighted by Gasteiger charge is -2.37. The van der Waals surface area contributed by atoms with Crippen molar-refractivity contribution in [1.29, 1.82) is 0 Å². The molecule has 4 aliphatic rings. The van der Waals surface area contributed by atoms with E-state index in [9.17, 15) is 24.5 Å². The first-order valence-electron chi connectivity index (χ1n) is 11.2. The molecule has 3 amide bonds. The second-order valence-corrected chi connectivity index (χ2v) is 9.89. The van der Waals surface area contributed by atoms with Crippen LogP contribution in [0.4, 0.5) is 17.1 Å². The zero-order valence-electron chi connectivity index (χ0n) is 18.5. The van der Waals surface area contributed by atoms with E-state index in [1.165, 1.54) is 19.1 Å². The molecule has 4 atom stereocenters. The fraction of sp³-hybridized carbons (Fsp3) is 0.375. The number of rotatable bonds is 2. The average Bonchev–Trinajstić information content (AvgIpc) is 3.48. The second-order valence-electron chi connectivity index (χ2n) is 9.49. The van der Waals surface area contributed by atoms with Gasteiger partial charge in [-0.1, -0.05) is 23.7 Å². The quantitative estimate of drug-likeness (QED) is 0.401. The molecule has 0 aromatic heterocycles. The van der Waals surface area contributed by atoms with Gasteiger partial charge in [-0.15, -0.1) is 0 Å². The Morgan fingerprint density at radius 1 is 1.18 bits per heavy atom. The molecule has 10 heteroatoms. The Morgan fingerprint density at radius 2 is 1.94 bits per heavy atom. The van der Waals surface area contributed by atoms with Gasteiger partial charge < -0.3 is 5.32 Å². The summed E-state index contributed by atoms with van der Waals surface area (Å²) in [7, 11) is 0. The maximum atomic E-state index is 14.0. The van der Waals surface area contributed by atoms with E-state index in [4.69, 9.17) is 11.6 Å². The van der Waals surface area contributed by atoms with Gasteiger partial charge in [0.2, 0.25) is 11.8 Å². The van der Waals surface area contributed by atoms with Crippen LogP contribution in [0.5, 0.6) is 0 Å². The SMILES string of the molecule is Cc1cc(Cl)c2c(c1)[C@]1(C(=O)N2)[C@@H]2C(=O)N(c3cccc([N+](=O)[O-])c3C)C(=O)[C@H]2[C@H]2CCCN21. The van der Waals surface area contributed by atoms with E-state index < -0.39 is 34.1 Å². The molecule has 0 aliphatic carbocycles. The van der Waals surface area contributed by atoms with Gasteiger partial charge in [0, 0.05) is 17.7 Å². The maximum Gasteiger partial charge on any atom is 0.274 e. The minimum absolute atomic E-state index is 0.168. The predicted octanol–water partition coefficient (Wildman–Crippen LogP) is 3.30. The van der Waals surface area contributed by atoms with Gasteiger partial charge in [-0.25, -0.2) is 4.90 Å². The second kappa shape index (κ2) is 6.86. The molecular weight excluding hydrogens is 460 g/mol. The molecule has 34 heavy (non-hydrogen) atoms. The first kappa shape index (κ1) is 21.2. The van der Waals surface area contributed by atoms with E-state index in [-0.39, 0.29) is 28.9 Å². The van der Waals surface area contributed by atoms with Crippen LogP contribution < -0.4 is 10.2 Å². The Balaban J connectivity index is 1.57. The Hall–Kier alpha value is -3.30. The summed E-state index contributed by atoms with van der Waals surface area (Å²) in [6, 6.07) is 7.71. The summed E-state index contributed by atoms with van der Waals surface area (Å²) in [5.74, 6) is -2.93. The van der Waals surface area contributed by atoms with Crippen LogP contribution in [0.3, 0.4) is 0 Å². The Labute approximate surface area is 199 Å². The van der Waals surface area contributed by atoms with Gasteiger partial charge in [-0.3, -0.25) is 29.4 Å². The molecule has 0 bridgehead atoms. The van der Waals surface area contributed by atoms with Gasteiger partial charge in [0.1, 0.15) is 5.54 Å². The smallest absolute Gasteiger partial charge is 0.274 e. The van der Waals surface area contributed by atoms with Crippen LogP contribution in [0.1, 0.15) is 29.5 Å². The molecule has 2 aromatic carbocycles. The van der Waals surface area contributed by atoms with Crippen molar-refractivity contribution >= 4 is 46.4 Å². The molecule has 4 aliphatic heterocycles. The molecule has 3 fully saturated rings. The first-order chi connectivity index (χ1) is 16.2. The number of halogens is 1. The lowest BCUT2D eigenvalue weighted by molar-refractivity contribution is -0.385. The predicted molar refractivity (Wildman–Crippen MR) is 124 cm³/mol. The fourth-order valence-electron chi connectivity index (χ4n) is 6.68. The van der Waals surface area contributed by atoms with Crippen molar-refractivity contribution in [2.24, 2.45) is 11.8 Å². The lowest BCUT2D eigenvalue weighted by Crippen LogP contribution is -2.54. The molecule has 4 heterocycles. The lowest BCUT2D eigenvalue weighted by atomic mass is 9.75. The van der Waals surface area contributed by atoms with Crippen molar-refractivity contribution in [2.75, 3.05) is 16.8 Å². The van der Waals surface area contributed by atoms with Crippen molar-refractivity contribution < 1.29 is 19.3 Å². The van der Waals surface area contributed by atoms with Gasteiger partial charge in [-0.2, -0.15) is 0 Å². The third-order valence-corrected chi connectivity index (χ3v) is 8.21. The Kier molecular flexibility index (Phi) is 4.29. The van der Waals surface area contributed by atoms with E-state index in [0.29, 0.717) is 29.2 Å². The summed E-state index contributed by atoms with van der Waals surface area (Å²) < 4.78 is 0. The van der Waals surface area contributed by atoms with Crippen molar-refractivity contribution in [3.05, 3.63) is 62.2 Å². The zero-order chi connectivity index (χ0) is 24.1. The highest BCUT2D eigenvalue weighted by molar-refractivity contribution is 6.35. The summed E-state index contributed by atoms with van der Waals surface area (Å²) in [5, 5.41) is 14.8. The number of nitro benzene ring substituents is 1. The molecule has 174 valence electrons. The van der Waals surface area contributed by atoms with E-state index in [1.54, 1.807) is 12.1 Å². The van der Waals surface area contributed by atoms with Crippen LogP contribution in [0, 0.1) is 35.8 Å². The zero-order valence-corrected chi connectivity index (χ0v) is 19.3. The van der Waals surface area contributed by atoms with E-state index in [2.05, 4.69) is 5.32 Å². The number of aryl methyl sites for hydroxylation is 1. The van der Waals surface area contributed by atoms with Crippen LogP contribution in [0.2, 0.25) is 5.02 Å². The molecule has 0 unspecified atom stereocenters. The number of nitro groups is 1. The van der Waals surface area contributed by atoms with Crippen LogP contribution in [0.15, 0.2) is 30.3 Å². The molecule has 1 N–H and O–H groups in total. The summed E-state index contributed by atoms with van der Waals surface area (Å²) in [6.45, 7) is 3.99. The van der Waals surface area contributed by atoms with Crippen LogP contribution in [-0.2, 0) is 19.9 Å². The van der Waals surface area contributed by atoms with Gasteiger partial charge in [0.15, 0.2) is 0 Å². The van der Waals surface area contributed by atoms with E-state index in [1.807, 2.05) is 17.9 Å². The van der Waals surface area contributed by atoms with Crippen molar-refractivity contribution in [3.63, 3.8) is 0 Å². The van der Waals surface area contributed by atoms with E-state index >= 15 is 0 Å². The van der Waals surface area contributed by atoms with Crippen LogP contribution >= 0.6 is 11.6 Å². The third-order valence-electron chi connectivity index (χ3n) is 7.91. The fourth-order valence-corrected chi connectivity index (χ4v) is 7.01. The summed E-state index contributed by atoms with van der Waals surface area (Å²) in [5.41, 5.74) is 0.878. The molecule has 6 rings (SSSR count). The standard InChI is InChI=1S/C24H21ClN4O5/c1-11-9-13-20(14(25)10-11)26-23(32)24(13)19-18(17-7-4-8-27(17)24)21(30)28(22(19)31)15-5-3-6-16(12(15)2)29(33)34/h3,5-6,9-10,17-19H,4,7-8H2,1-2H3,(H,26,32)/t17-,18+,19+,24-/m1/s1. The molecule has 0 saturated carbocycles. The molecule has 1 spiro atoms. The number of benzene rings is 2. The van der Waals surface area contributed by atoms with Crippen molar-refractivity contribution in [1.82, 2.24) is 4.90 Å². The Bertz CT molecular complexity index is 1340. The molecule has 3 saturated heterocycles. The number of carbonyl (C=O) groups is 3. The normalized spacial score (nSPS) is 29.6. The van der Waals surface area contributed by atoms with Gasteiger partial charge >= 0.3 is 0 Å². The molecular formula is C24H21ClN4O5. The van der Waals surface area contributed by atoms with Gasteiger partial charge in [-0.05, 0) is 50.9 Å². The number of hydrogen-bond acceptors (Lipinski definition) is 6. The number of fused-ring (bicyclic) bond motifs is 7. The minimum Gasteiger partial charge on any atom is -0.323 e. The number of imide groups is 1. The number of nitrogens with zero attached hydrogens (tertiary/aromatic N) is 3. The number of nitrogens with one attached hydrogen (secondary N) is 1. The Morgan fingerprint density at radius 3 is 2.68 bits per heavy atom. The number of hydrogen-bond donors (Lipinski definition) is 1. The van der Waals surface area contributed by atoms with Crippen molar-refractivity contribution in [3.8, 4) is 0 Å². The highest BCUT2D eigenvalue weighted by Crippen LogP contribution is 2.61. The van der Waals surface area contributed by atoms with Gasteiger partial charge in [0.25, 0.3) is 11.6 Å². The number of anilines is 2. The van der Waals surface area contributed by atoms with Crippen LogP contribution in [-0.4, -0.2) is 40.1 Å². The molecule has 2 aromatic rings. The van der Waals surface area contributed by atoms with Crippen molar-refractivity contribution in [2.45, 2.75) is 38.3 Å². The monoisotopic (exact) mass is 480 g/mol. The van der Waals surface area contributed by atoms with E-state index in [0.717, 1.165) is 16.9 Å². The average molecular weight is 481 g/mol. The topological polar surface area (TPSA) is 113 Å². The third kappa shape index (κ3) is 2.35. The number of carbonyl (C=O) groups excluding carboxylic acids is 3. The summed E-state index contributed by atoms with van der Waals surface area (Å²) >= 11 is 6.49. The van der Waals surface area contributed by atoms with Crippen LogP contribution in [0.25, 0.3) is 0 Å². The largest absolute Gasteiger partial charge is 0.323 e. The highest BCUT2D eigenvalue weighted by atomic mass is 35.5. The molecule has 9 nitrogen and oxygen atoms in total. The summed E-state index contributed by atoms with van der Waals surface area (Å²) in [4.78, 5) is 55.6. The number of amides is 3. The maximum absolute atomic E-state index is 14.0. The van der Waals surface area contributed by atoms with Gasteiger partial charge in [0.05, 0.1) is 38.7 Å². The minimum atomic E-state index is -1.34. The summed E-state index contributed by atoms with van der Waals surface area (Å²) in [6.07, 6.45) is 1.49. The highest BCUT2D eigenvalue weighted by Gasteiger charge is 2.75. The molecule has 0 radical (unpaired) electrons. The first-order valence-corrected chi connectivity index (χ1v) is 11.6.